The number of anilines is 1. The van der Waals surface area contributed by atoms with E-state index in [0.717, 1.165) is 41.6 Å². The number of benzene rings is 1. The van der Waals surface area contributed by atoms with Gasteiger partial charge in [0.15, 0.2) is 5.65 Å². The minimum absolute atomic E-state index is 0.163. The van der Waals surface area contributed by atoms with Crippen molar-refractivity contribution in [2.45, 2.75) is 39.2 Å². The molecule has 1 amide bonds. The number of methoxy groups -OCH3 is 2. The highest BCUT2D eigenvalue weighted by molar-refractivity contribution is 6.13. The molecule has 0 unspecified atom stereocenters. The summed E-state index contributed by atoms with van der Waals surface area (Å²) in [6, 6.07) is 5.49. The number of carbonyl (C=O) groups excluding carboxylic acids is 1. The Balaban J connectivity index is 1.80. The average molecular weight is 380 g/mol. The molecule has 1 aromatic carbocycles. The van der Waals surface area contributed by atoms with Gasteiger partial charge in [-0.1, -0.05) is 0 Å². The van der Waals surface area contributed by atoms with Crippen LogP contribution in [-0.4, -0.2) is 34.9 Å². The second-order valence-corrected chi connectivity index (χ2v) is 7.24. The van der Waals surface area contributed by atoms with Crippen molar-refractivity contribution in [3.05, 3.63) is 41.2 Å². The van der Waals surface area contributed by atoms with Crippen molar-refractivity contribution >= 4 is 22.6 Å². The monoisotopic (exact) mass is 380 g/mol. The van der Waals surface area contributed by atoms with Gasteiger partial charge >= 0.3 is 0 Å². The lowest BCUT2D eigenvalue weighted by Gasteiger charge is -2.13. The summed E-state index contributed by atoms with van der Waals surface area (Å²) in [5, 5.41) is 8.27. The molecule has 0 aliphatic heterocycles. The molecule has 146 valence electrons. The molecule has 0 spiro atoms. The fraction of sp³-hybridized carbons (Fsp3) is 0.381. The van der Waals surface area contributed by atoms with Crippen molar-refractivity contribution in [3.63, 3.8) is 0 Å². The molecule has 2 heterocycles. The van der Waals surface area contributed by atoms with Crippen molar-refractivity contribution < 1.29 is 14.3 Å². The number of nitrogens with one attached hydrogen (secondary N) is 1. The van der Waals surface area contributed by atoms with Gasteiger partial charge < -0.3 is 14.8 Å². The minimum Gasteiger partial charge on any atom is -0.497 e. The lowest BCUT2D eigenvalue weighted by atomic mass is 10.0. The first-order valence-corrected chi connectivity index (χ1v) is 9.45. The van der Waals surface area contributed by atoms with E-state index in [-0.39, 0.29) is 11.9 Å². The molecule has 0 saturated heterocycles. The van der Waals surface area contributed by atoms with Crippen LogP contribution >= 0.6 is 0 Å². The van der Waals surface area contributed by atoms with Crippen molar-refractivity contribution in [2.24, 2.45) is 0 Å². The van der Waals surface area contributed by atoms with E-state index in [9.17, 15) is 4.79 Å². The first kappa shape index (κ1) is 18.3. The Hall–Kier alpha value is -3.09. The molecule has 0 saturated carbocycles. The zero-order chi connectivity index (χ0) is 19.8. The predicted octanol–water partition coefficient (Wildman–Crippen LogP) is 3.77. The molecule has 0 bridgehead atoms. The molecule has 0 radical (unpaired) electrons. The third-order valence-corrected chi connectivity index (χ3v) is 5.10. The summed E-state index contributed by atoms with van der Waals surface area (Å²) in [6.07, 6.45) is 4.51. The van der Waals surface area contributed by atoms with Gasteiger partial charge in [0, 0.05) is 35.6 Å². The molecule has 3 aromatic rings. The molecular formula is C21H24N4O3. The maximum atomic E-state index is 13.3. The zero-order valence-electron chi connectivity index (χ0n) is 16.6. The molecule has 7 heteroatoms. The first-order valence-electron chi connectivity index (χ1n) is 9.45. The quantitative estimate of drug-likeness (QED) is 0.729. The lowest BCUT2D eigenvalue weighted by Crippen LogP contribution is -2.16. The summed E-state index contributed by atoms with van der Waals surface area (Å²) in [7, 11) is 3.17. The third kappa shape index (κ3) is 3.06. The van der Waals surface area contributed by atoms with Gasteiger partial charge in [-0.2, -0.15) is 5.10 Å². The van der Waals surface area contributed by atoms with Crippen LogP contribution in [0.25, 0.3) is 11.0 Å². The van der Waals surface area contributed by atoms with Crippen LogP contribution in [0.2, 0.25) is 0 Å². The van der Waals surface area contributed by atoms with Gasteiger partial charge in [0.2, 0.25) is 0 Å². The standard InChI is InChI=1S/C21H24N4O3/c1-12(2)25-20-17(11-22-25)19(16-6-5-7-18(16)24-20)21(26)23-13-8-14(27-3)10-15(9-13)28-4/h8-12H,5-7H2,1-4H3,(H,23,26). The topological polar surface area (TPSA) is 78.3 Å². The fourth-order valence-electron chi connectivity index (χ4n) is 3.76. The van der Waals surface area contributed by atoms with Gasteiger partial charge in [0.1, 0.15) is 11.5 Å². The van der Waals surface area contributed by atoms with E-state index in [0.29, 0.717) is 22.7 Å². The van der Waals surface area contributed by atoms with Crippen LogP contribution in [0, 0.1) is 0 Å². The third-order valence-electron chi connectivity index (χ3n) is 5.10. The molecule has 1 N–H and O–H groups in total. The molecule has 28 heavy (non-hydrogen) atoms. The maximum absolute atomic E-state index is 13.3. The Morgan fingerprint density at radius 3 is 2.50 bits per heavy atom. The Labute approximate surface area is 163 Å². The van der Waals surface area contributed by atoms with Gasteiger partial charge in [-0.15, -0.1) is 0 Å². The van der Waals surface area contributed by atoms with Crippen LogP contribution in [0.4, 0.5) is 5.69 Å². The summed E-state index contributed by atoms with van der Waals surface area (Å²) >= 11 is 0. The van der Waals surface area contributed by atoms with Crippen LogP contribution in [0.3, 0.4) is 0 Å². The van der Waals surface area contributed by atoms with Gasteiger partial charge in [0.05, 0.1) is 31.4 Å². The summed E-state index contributed by atoms with van der Waals surface area (Å²) < 4.78 is 12.5. The Bertz CT molecular complexity index is 1030. The van der Waals surface area contributed by atoms with Crippen LogP contribution < -0.4 is 14.8 Å². The van der Waals surface area contributed by atoms with E-state index < -0.39 is 0 Å². The molecule has 1 aliphatic carbocycles. The number of pyridine rings is 1. The van der Waals surface area contributed by atoms with Crippen LogP contribution in [0.15, 0.2) is 24.4 Å². The highest BCUT2D eigenvalue weighted by atomic mass is 16.5. The number of aryl methyl sites for hydroxylation is 1. The number of amides is 1. The normalized spacial score (nSPS) is 13.0. The Kier molecular flexibility index (Phi) is 4.66. The highest BCUT2D eigenvalue weighted by Crippen LogP contribution is 2.32. The molecular weight excluding hydrogens is 356 g/mol. The van der Waals surface area contributed by atoms with Crippen molar-refractivity contribution in [3.8, 4) is 11.5 Å². The molecule has 0 fully saturated rings. The number of fused-ring (bicyclic) bond motifs is 2. The Morgan fingerprint density at radius 1 is 1.14 bits per heavy atom. The van der Waals surface area contributed by atoms with Crippen LogP contribution in [0.1, 0.15) is 47.9 Å². The molecule has 0 atom stereocenters. The second-order valence-electron chi connectivity index (χ2n) is 7.24. The molecule has 7 nitrogen and oxygen atoms in total. The van der Waals surface area contributed by atoms with E-state index in [4.69, 9.17) is 14.5 Å². The SMILES string of the molecule is COc1cc(NC(=O)c2c3c(nc4c2cnn4C(C)C)CCC3)cc(OC)c1. The number of carbonyl (C=O) groups is 1. The van der Waals surface area contributed by atoms with E-state index in [2.05, 4.69) is 24.3 Å². The number of rotatable bonds is 5. The van der Waals surface area contributed by atoms with Crippen LogP contribution in [-0.2, 0) is 12.8 Å². The van der Waals surface area contributed by atoms with Crippen molar-refractivity contribution in [1.29, 1.82) is 0 Å². The number of aromatic nitrogens is 3. The smallest absolute Gasteiger partial charge is 0.256 e. The molecule has 2 aromatic heterocycles. The summed E-state index contributed by atoms with van der Waals surface area (Å²) in [5.41, 5.74) is 4.09. The largest absolute Gasteiger partial charge is 0.497 e. The fourth-order valence-corrected chi connectivity index (χ4v) is 3.76. The van der Waals surface area contributed by atoms with E-state index >= 15 is 0 Å². The average Bonchev–Trinajstić information content (AvgIpc) is 3.31. The lowest BCUT2D eigenvalue weighted by molar-refractivity contribution is 0.102. The van der Waals surface area contributed by atoms with Gasteiger partial charge in [-0.05, 0) is 38.7 Å². The van der Waals surface area contributed by atoms with Crippen molar-refractivity contribution in [2.75, 3.05) is 19.5 Å². The van der Waals surface area contributed by atoms with E-state index in [1.165, 1.54) is 0 Å². The van der Waals surface area contributed by atoms with Gasteiger partial charge in [-0.25, -0.2) is 9.67 Å². The van der Waals surface area contributed by atoms with Gasteiger partial charge in [0.25, 0.3) is 5.91 Å². The molecule has 4 rings (SSSR count). The van der Waals surface area contributed by atoms with Crippen LogP contribution in [0.5, 0.6) is 11.5 Å². The summed E-state index contributed by atoms with van der Waals surface area (Å²) in [5.74, 6) is 1.07. The summed E-state index contributed by atoms with van der Waals surface area (Å²) in [6.45, 7) is 4.12. The number of hydrogen-bond donors (Lipinski definition) is 1. The second kappa shape index (κ2) is 7.14. The highest BCUT2D eigenvalue weighted by Gasteiger charge is 2.26. The van der Waals surface area contributed by atoms with E-state index in [1.807, 2.05) is 4.68 Å². The van der Waals surface area contributed by atoms with Crippen molar-refractivity contribution in [1.82, 2.24) is 14.8 Å². The predicted molar refractivity (Wildman–Crippen MR) is 107 cm³/mol. The first-order chi connectivity index (χ1) is 13.5. The number of hydrogen-bond acceptors (Lipinski definition) is 5. The van der Waals surface area contributed by atoms with E-state index in [1.54, 1.807) is 38.6 Å². The van der Waals surface area contributed by atoms with Gasteiger partial charge in [-0.3, -0.25) is 4.79 Å². The zero-order valence-corrected chi connectivity index (χ0v) is 16.6. The number of ether oxygens (including phenoxy) is 2. The minimum atomic E-state index is -0.163. The maximum Gasteiger partial charge on any atom is 0.256 e. The number of nitrogens with zero attached hydrogens (tertiary/aromatic N) is 3. The Morgan fingerprint density at radius 2 is 1.86 bits per heavy atom. The summed E-state index contributed by atoms with van der Waals surface area (Å²) in [4.78, 5) is 18.1. The molecule has 1 aliphatic rings.